The molecule has 2 aromatic carbocycles. The van der Waals surface area contributed by atoms with Gasteiger partial charge in [0.2, 0.25) is 11.8 Å². The Morgan fingerprint density at radius 3 is 2.21 bits per heavy atom. The second kappa shape index (κ2) is 12.1. The van der Waals surface area contributed by atoms with Crippen molar-refractivity contribution in [3.05, 3.63) is 71.8 Å². The average molecular weight is 464 g/mol. The van der Waals surface area contributed by atoms with Crippen LogP contribution in [-0.4, -0.2) is 60.4 Å². The van der Waals surface area contributed by atoms with Gasteiger partial charge >= 0.3 is 0 Å². The van der Waals surface area contributed by atoms with Crippen LogP contribution in [0, 0.1) is 5.92 Å². The van der Waals surface area contributed by atoms with E-state index in [0.717, 1.165) is 37.1 Å². The van der Waals surface area contributed by atoms with E-state index in [-0.39, 0.29) is 30.5 Å². The van der Waals surface area contributed by atoms with Crippen molar-refractivity contribution < 1.29 is 14.3 Å². The molecular weight excluding hydrogens is 426 g/mol. The highest BCUT2D eigenvalue weighted by molar-refractivity contribution is 5.82. The van der Waals surface area contributed by atoms with Gasteiger partial charge in [-0.05, 0) is 36.8 Å². The molecule has 6 nitrogen and oxygen atoms in total. The number of amides is 2. The van der Waals surface area contributed by atoms with Gasteiger partial charge in [-0.25, -0.2) is 0 Å². The summed E-state index contributed by atoms with van der Waals surface area (Å²) in [6.07, 6.45) is 4.59. The quantitative estimate of drug-likeness (QED) is 0.615. The summed E-state index contributed by atoms with van der Waals surface area (Å²) in [4.78, 5) is 30.3. The molecule has 6 heteroatoms. The maximum atomic E-state index is 13.5. The number of benzene rings is 2. The van der Waals surface area contributed by atoms with Crippen molar-refractivity contribution in [3.63, 3.8) is 0 Å². The molecule has 4 rings (SSSR count). The van der Waals surface area contributed by atoms with Crippen molar-refractivity contribution in [2.24, 2.45) is 5.92 Å². The number of rotatable bonds is 9. The summed E-state index contributed by atoms with van der Waals surface area (Å²) >= 11 is 0. The van der Waals surface area contributed by atoms with Gasteiger partial charge < -0.3 is 15.0 Å². The fraction of sp³-hybridized carbons (Fsp3) is 0.500. The molecule has 2 aliphatic rings. The number of ether oxygens (including phenoxy) is 1. The van der Waals surface area contributed by atoms with Crippen LogP contribution in [0.15, 0.2) is 60.7 Å². The fourth-order valence-corrected chi connectivity index (χ4v) is 5.25. The average Bonchev–Trinajstić information content (AvgIpc) is 3.40. The zero-order chi connectivity index (χ0) is 23.8. The number of nitrogens with one attached hydrogen (secondary N) is 1. The van der Waals surface area contributed by atoms with E-state index in [4.69, 9.17) is 4.74 Å². The van der Waals surface area contributed by atoms with E-state index in [1.165, 1.54) is 12.8 Å². The van der Waals surface area contributed by atoms with Crippen LogP contribution >= 0.6 is 0 Å². The molecule has 2 atom stereocenters. The summed E-state index contributed by atoms with van der Waals surface area (Å²) in [5.41, 5.74) is 2.18. The van der Waals surface area contributed by atoms with Crippen LogP contribution < -0.4 is 5.32 Å². The van der Waals surface area contributed by atoms with E-state index >= 15 is 0 Å². The minimum atomic E-state index is -0.125. The lowest BCUT2D eigenvalue weighted by atomic mass is 9.94. The van der Waals surface area contributed by atoms with Crippen LogP contribution in [0.2, 0.25) is 0 Å². The highest BCUT2D eigenvalue weighted by atomic mass is 16.5. The van der Waals surface area contributed by atoms with E-state index in [2.05, 4.69) is 22.3 Å². The molecular formula is C28H37N3O3. The predicted molar refractivity (Wildman–Crippen MR) is 133 cm³/mol. The van der Waals surface area contributed by atoms with Crippen LogP contribution in [0.1, 0.15) is 49.8 Å². The number of carbonyl (C=O) groups excluding carboxylic acids is 2. The van der Waals surface area contributed by atoms with Gasteiger partial charge in [0.05, 0.1) is 18.7 Å². The molecule has 0 spiro atoms. The number of piperazine rings is 1. The lowest BCUT2D eigenvalue weighted by molar-refractivity contribution is -0.140. The topological polar surface area (TPSA) is 61.9 Å². The Morgan fingerprint density at radius 1 is 0.941 bits per heavy atom. The van der Waals surface area contributed by atoms with Crippen molar-refractivity contribution in [1.29, 1.82) is 0 Å². The van der Waals surface area contributed by atoms with Crippen LogP contribution in [0.4, 0.5) is 0 Å². The minimum absolute atomic E-state index is 0.0233. The third kappa shape index (κ3) is 6.45. The zero-order valence-electron chi connectivity index (χ0n) is 20.2. The molecule has 1 aliphatic heterocycles. The Hall–Kier alpha value is -2.70. The molecule has 2 aromatic rings. The number of hydrogen-bond acceptors (Lipinski definition) is 4. The first-order valence-corrected chi connectivity index (χ1v) is 12.6. The van der Waals surface area contributed by atoms with E-state index in [9.17, 15) is 9.59 Å². The molecule has 1 saturated carbocycles. The number of nitrogens with zero attached hydrogens (tertiary/aromatic N) is 2. The van der Waals surface area contributed by atoms with Crippen LogP contribution in [0.25, 0.3) is 0 Å². The molecule has 2 amide bonds. The minimum Gasteiger partial charge on any atom is -0.367 e. The highest BCUT2D eigenvalue weighted by Gasteiger charge is 2.37. The van der Waals surface area contributed by atoms with Crippen molar-refractivity contribution in [2.75, 3.05) is 32.8 Å². The summed E-state index contributed by atoms with van der Waals surface area (Å²) in [7, 11) is 0. The first-order chi connectivity index (χ1) is 16.6. The Balaban J connectivity index is 1.30. The Kier molecular flexibility index (Phi) is 8.72. The predicted octanol–water partition coefficient (Wildman–Crippen LogP) is 3.78. The van der Waals surface area contributed by atoms with Crippen LogP contribution in [-0.2, 0) is 20.9 Å². The number of carbonyl (C=O) groups is 2. The lowest BCUT2D eigenvalue weighted by Gasteiger charge is -2.41. The molecule has 1 heterocycles. The fourth-order valence-electron chi connectivity index (χ4n) is 5.25. The highest BCUT2D eigenvalue weighted by Crippen LogP contribution is 2.31. The first kappa shape index (κ1) is 24.4. The summed E-state index contributed by atoms with van der Waals surface area (Å²) in [5, 5.41) is 3.27. The monoisotopic (exact) mass is 463 g/mol. The molecule has 2 fully saturated rings. The first-order valence-electron chi connectivity index (χ1n) is 12.6. The lowest BCUT2D eigenvalue weighted by Crippen LogP contribution is -2.58. The normalized spacial score (nSPS) is 19.0. The maximum absolute atomic E-state index is 13.5. The smallest absolute Gasteiger partial charge is 0.248 e. The van der Waals surface area contributed by atoms with Gasteiger partial charge in [0.25, 0.3) is 0 Å². The molecule has 182 valence electrons. The molecule has 1 saturated heterocycles. The third-order valence-corrected chi connectivity index (χ3v) is 7.17. The molecule has 0 radical (unpaired) electrons. The summed E-state index contributed by atoms with van der Waals surface area (Å²) in [6.45, 7) is 5.30. The number of hydrogen-bond donors (Lipinski definition) is 1. The summed E-state index contributed by atoms with van der Waals surface area (Å²) in [5.74, 6) is 0.531. The SMILES string of the molecule is CC(NC(=O)C(C1CCCC1)N1CCN(C(=O)COCc2ccccc2)CC1)c1ccccc1. The zero-order valence-corrected chi connectivity index (χ0v) is 20.2. The van der Waals surface area contributed by atoms with E-state index in [1.807, 2.05) is 60.4 Å². The third-order valence-electron chi connectivity index (χ3n) is 7.17. The van der Waals surface area contributed by atoms with Crippen molar-refractivity contribution in [1.82, 2.24) is 15.1 Å². The van der Waals surface area contributed by atoms with Crippen LogP contribution in [0.5, 0.6) is 0 Å². The molecule has 0 aromatic heterocycles. The summed E-state index contributed by atoms with van der Waals surface area (Å²) in [6, 6.07) is 19.9. The van der Waals surface area contributed by atoms with E-state index in [1.54, 1.807) is 0 Å². The Labute approximate surface area is 203 Å². The van der Waals surface area contributed by atoms with Gasteiger partial charge in [-0.3, -0.25) is 14.5 Å². The maximum Gasteiger partial charge on any atom is 0.248 e. The molecule has 1 aliphatic carbocycles. The van der Waals surface area contributed by atoms with Gasteiger partial charge in [-0.2, -0.15) is 0 Å². The second-order valence-electron chi connectivity index (χ2n) is 9.53. The van der Waals surface area contributed by atoms with Crippen molar-refractivity contribution in [3.8, 4) is 0 Å². The summed E-state index contributed by atoms with van der Waals surface area (Å²) < 4.78 is 5.65. The molecule has 34 heavy (non-hydrogen) atoms. The molecule has 0 bridgehead atoms. The standard InChI is InChI=1S/C28H37N3O3/c1-22(24-12-6-3-7-13-24)29-28(33)27(25-14-8-9-15-25)31-18-16-30(17-19-31)26(32)21-34-20-23-10-4-2-5-11-23/h2-7,10-13,22,25,27H,8-9,14-21H2,1H3,(H,29,33). The van der Waals surface area contributed by atoms with Gasteiger partial charge in [0, 0.05) is 26.2 Å². The van der Waals surface area contributed by atoms with Gasteiger partial charge in [0.15, 0.2) is 0 Å². The largest absolute Gasteiger partial charge is 0.367 e. The van der Waals surface area contributed by atoms with Crippen molar-refractivity contribution >= 4 is 11.8 Å². The van der Waals surface area contributed by atoms with Crippen LogP contribution in [0.3, 0.4) is 0 Å². The van der Waals surface area contributed by atoms with Gasteiger partial charge in [-0.15, -0.1) is 0 Å². The van der Waals surface area contributed by atoms with E-state index in [0.29, 0.717) is 25.6 Å². The van der Waals surface area contributed by atoms with Crippen molar-refractivity contribution in [2.45, 2.75) is 51.3 Å². The molecule has 2 unspecified atom stereocenters. The Bertz CT molecular complexity index is 907. The van der Waals surface area contributed by atoms with Gasteiger partial charge in [0.1, 0.15) is 6.61 Å². The second-order valence-corrected chi connectivity index (χ2v) is 9.53. The molecule has 1 N–H and O–H groups in total. The van der Waals surface area contributed by atoms with Gasteiger partial charge in [-0.1, -0.05) is 73.5 Å². The van der Waals surface area contributed by atoms with E-state index < -0.39 is 0 Å². The Morgan fingerprint density at radius 2 is 1.56 bits per heavy atom.